The molecular formula is C11H11BrClNO4. The highest BCUT2D eigenvalue weighted by Gasteiger charge is 2.10. The number of hydrogen-bond acceptors (Lipinski definition) is 3. The highest BCUT2D eigenvalue weighted by Crippen LogP contribution is 2.20. The van der Waals surface area contributed by atoms with Crippen LogP contribution in [0, 0.1) is 0 Å². The lowest BCUT2D eigenvalue weighted by Gasteiger charge is -2.07. The number of amides is 1. The number of carbonyl (C=O) groups excluding carboxylic acids is 1. The summed E-state index contributed by atoms with van der Waals surface area (Å²) < 4.78 is 5.53. The summed E-state index contributed by atoms with van der Waals surface area (Å²) in [4.78, 5) is 21.9. The fraction of sp³-hybridized carbons (Fsp3) is 0.273. The van der Waals surface area contributed by atoms with Gasteiger partial charge in [0.2, 0.25) is 0 Å². The van der Waals surface area contributed by atoms with Crippen molar-refractivity contribution in [3.8, 4) is 0 Å². The van der Waals surface area contributed by atoms with Crippen molar-refractivity contribution in [2.75, 3.05) is 19.8 Å². The van der Waals surface area contributed by atoms with E-state index >= 15 is 0 Å². The monoisotopic (exact) mass is 335 g/mol. The van der Waals surface area contributed by atoms with Gasteiger partial charge in [0, 0.05) is 11.0 Å². The quantitative estimate of drug-likeness (QED) is 0.778. The molecule has 5 nitrogen and oxygen atoms in total. The Morgan fingerprint density at radius 2 is 2.17 bits per heavy atom. The molecule has 0 aliphatic rings. The van der Waals surface area contributed by atoms with E-state index < -0.39 is 5.97 Å². The minimum Gasteiger partial charge on any atom is -0.480 e. The molecule has 98 valence electrons. The van der Waals surface area contributed by atoms with Crippen LogP contribution in [0.1, 0.15) is 10.4 Å². The lowest BCUT2D eigenvalue weighted by atomic mass is 10.2. The fourth-order valence-electron chi connectivity index (χ4n) is 1.16. The summed E-state index contributed by atoms with van der Waals surface area (Å²) in [5.74, 6) is -1.38. The van der Waals surface area contributed by atoms with Gasteiger partial charge in [-0.25, -0.2) is 4.79 Å². The minimum absolute atomic E-state index is 0.129. The summed E-state index contributed by atoms with van der Waals surface area (Å²) in [5, 5.41) is 11.3. The standard InChI is InChI=1S/C11H11BrClNO4/c12-7-1-2-9(13)8(5-7)11(17)14-3-4-18-6-10(15)16/h1-2,5H,3-4,6H2,(H,14,17)(H,15,16). The first-order chi connectivity index (χ1) is 8.50. The molecule has 0 saturated heterocycles. The molecular weight excluding hydrogens is 325 g/mol. The number of carboxylic acid groups (broad SMARTS) is 1. The van der Waals surface area contributed by atoms with Crippen LogP contribution >= 0.6 is 27.5 Å². The van der Waals surface area contributed by atoms with Crippen molar-refractivity contribution in [3.05, 3.63) is 33.3 Å². The zero-order chi connectivity index (χ0) is 13.5. The molecule has 1 rings (SSSR count). The normalized spacial score (nSPS) is 10.1. The zero-order valence-electron chi connectivity index (χ0n) is 9.28. The summed E-state index contributed by atoms with van der Waals surface area (Å²) in [5.41, 5.74) is 0.351. The lowest BCUT2D eigenvalue weighted by molar-refractivity contribution is -0.142. The number of rotatable bonds is 6. The molecule has 0 saturated carbocycles. The molecule has 7 heteroatoms. The lowest BCUT2D eigenvalue weighted by Crippen LogP contribution is -2.28. The molecule has 1 amide bonds. The Labute approximate surface area is 117 Å². The molecule has 0 radical (unpaired) electrons. The Kier molecular flexibility index (Phi) is 6.11. The van der Waals surface area contributed by atoms with Crippen LogP contribution in [-0.4, -0.2) is 36.7 Å². The van der Waals surface area contributed by atoms with E-state index in [1.165, 1.54) is 0 Å². The molecule has 1 aromatic rings. The number of nitrogens with one attached hydrogen (secondary N) is 1. The summed E-state index contributed by atoms with van der Waals surface area (Å²) in [6, 6.07) is 4.95. The molecule has 18 heavy (non-hydrogen) atoms. The third-order valence-electron chi connectivity index (χ3n) is 1.93. The van der Waals surface area contributed by atoms with Crippen molar-refractivity contribution in [1.29, 1.82) is 0 Å². The average Bonchev–Trinajstić information content (AvgIpc) is 2.31. The van der Waals surface area contributed by atoms with E-state index in [2.05, 4.69) is 21.2 Å². The highest BCUT2D eigenvalue weighted by molar-refractivity contribution is 9.10. The molecule has 0 aliphatic heterocycles. The van der Waals surface area contributed by atoms with Crippen molar-refractivity contribution >= 4 is 39.4 Å². The summed E-state index contributed by atoms with van der Waals surface area (Å²) in [6.45, 7) is -0.0356. The van der Waals surface area contributed by atoms with E-state index in [0.29, 0.717) is 10.6 Å². The molecule has 0 spiro atoms. The first-order valence-electron chi connectivity index (χ1n) is 5.03. The van der Waals surface area contributed by atoms with Crippen LogP contribution in [0.15, 0.2) is 22.7 Å². The molecule has 0 fully saturated rings. The van der Waals surface area contributed by atoms with Gasteiger partial charge in [-0.3, -0.25) is 4.79 Å². The number of carboxylic acids is 1. The van der Waals surface area contributed by atoms with Gasteiger partial charge >= 0.3 is 5.97 Å². The maximum Gasteiger partial charge on any atom is 0.329 e. The number of carbonyl (C=O) groups is 2. The van der Waals surface area contributed by atoms with Gasteiger partial charge in [-0.15, -0.1) is 0 Å². The number of benzene rings is 1. The van der Waals surface area contributed by atoms with E-state index in [9.17, 15) is 9.59 Å². The van der Waals surface area contributed by atoms with Crippen LogP contribution in [0.3, 0.4) is 0 Å². The van der Waals surface area contributed by atoms with E-state index in [1.807, 2.05) is 0 Å². The molecule has 0 bridgehead atoms. The Hall–Kier alpha value is -1.11. The highest BCUT2D eigenvalue weighted by atomic mass is 79.9. The van der Waals surface area contributed by atoms with Crippen molar-refractivity contribution in [2.45, 2.75) is 0 Å². The first-order valence-corrected chi connectivity index (χ1v) is 6.20. The Balaban J connectivity index is 2.41. The smallest absolute Gasteiger partial charge is 0.329 e. The summed E-state index contributed by atoms with van der Waals surface area (Å²) in [7, 11) is 0. The van der Waals surface area contributed by atoms with Gasteiger partial charge in [0.1, 0.15) is 6.61 Å². The Morgan fingerprint density at radius 1 is 1.44 bits per heavy atom. The molecule has 1 aromatic carbocycles. The first kappa shape index (κ1) is 14.9. The number of aliphatic carboxylic acids is 1. The van der Waals surface area contributed by atoms with E-state index in [0.717, 1.165) is 4.47 Å². The molecule has 0 aliphatic carbocycles. The molecule has 0 aromatic heterocycles. The number of hydrogen-bond donors (Lipinski definition) is 2. The second-order valence-electron chi connectivity index (χ2n) is 3.33. The van der Waals surface area contributed by atoms with Crippen molar-refractivity contribution < 1.29 is 19.4 Å². The van der Waals surface area contributed by atoms with E-state index in [1.54, 1.807) is 18.2 Å². The predicted octanol–water partition coefficient (Wildman–Crippen LogP) is 1.93. The summed E-state index contributed by atoms with van der Waals surface area (Å²) in [6.07, 6.45) is 0. The van der Waals surface area contributed by atoms with Crippen LogP contribution < -0.4 is 5.32 Å². The van der Waals surface area contributed by atoms with Crippen LogP contribution in [0.5, 0.6) is 0 Å². The van der Waals surface area contributed by atoms with Crippen LogP contribution in [-0.2, 0) is 9.53 Å². The van der Waals surface area contributed by atoms with E-state index in [4.69, 9.17) is 21.4 Å². The molecule has 0 heterocycles. The third kappa shape index (κ3) is 5.03. The maximum atomic E-state index is 11.7. The second-order valence-corrected chi connectivity index (χ2v) is 4.65. The van der Waals surface area contributed by atoms with Crippen molar-refractivity contribution in [3.63, 3.8) is 0 Å². The second kappa shape index (κ2) is 7.35. The van der Waals surface area contributed by atoms with Gasteiger partial charge in [0.15, 0.2) is 0 Å². The zero-order valence-corrected chi connectivity index (χ0v) is 11.6. The number of halogens is 2. The number of ether oxygens (including phenoxy) is 1. The Morgan fingerprint density at radius 3 is 2.83 bits per heavy atom. The third-order valence-corrected chi connectivity index (χ3v) is 2.75. The van der Waals surface area contributed by atoms with Gasteiger partial charge < -0.3 is 15.2 Å². The topological polar surface area (TPSA) is 75.6 Å². The SMILES string of the molecule is O=C(O)COCCNC(=O)c1cc(Br)ccc1Cl. The van der Waals surface area contributed by atoms with Crippen molar-refractivity contribution in [2.24, 2.45) is 0 Å². The van der Waals surface area contributed by atoms with Gasteiger partial charge in [0.05, 0.1) is 17.2 Å². The van der Waals surface area contributed by atoms with Crippen molar-refractivity contribution in [1.82, 2.24) is 5.32 Å². The van der Waals surface area contributed by atoms with Gasteiger partial charge in [0.25, 0.3) is 5.91 Å². The van der Waals surface area contributed by atoms with Gasteiger partial charge in [-0.05, 0) is 18.2 Å². The molecule has 0 atom stereocenters. The molecule has 2 N–H and O–H groups in total. The predicted molar refractivity (Wildman–Crippen MR) is 69.9 cm³/mol. The minimum atomic E-state index is -1.05. The fourth-order valence-corrected chi connectivity index (χ4v) is 1.73. The Bertz CT molecular complexity index is 453. The maximum absolute atomic E-state index is 11.7. The average molecular weight is 337 g/mol. The summed E-state index contributed by atoms with van der Waals surface area (Å²) >= 11 is 9.13. The van der Waals surface area contributed by atoms with Gasteiger partial charge in [-0.2, -0.15) is 0 Å². The van der Waals surface area contributed by atoms with Crippen LogP contribution in [0.25, 0.3) is 0 Å². The van der Waals surface area contributed by atoms with Crippen LogP contribution in [0.2, 0.25) is 5.02 Å². The largest absolute Gasteiger partial charge is 0.480 e. The van der Waals surface area contributed by atoms with Crippen LogP contribution in [0.4, 0.5) is 0 Å². The van der Waals surface area contributed by atoms with E-state index in [-0.39, 0.29) is 25.7 Å². The van der Waals surface area contributed by atoms with Gasteiger partial charge in [-0.1, -0.05) is 27.5 Å². The molecule has 0 unspecified atom stereocenters.